The van der Waals surface area contributed by atoms with Gasteiger partial charge in [0.2, 0.25) is 0 Å². The van der Waals surface area contributed by atoms with Crippen LogP contribution in [0.5, 0.6) is 0 Å². The van der Waals surface area contributed by atoms with Crippen molar-refractivity contribution in [3.8, 4) is 0 Å². The Morgan fingerprint density at radius 2 is 1.52 bits per heavy atom. The average Bonchev–Trinajstić information content (AvgIpc) is 3.12. The monoisotopic (exact) mass is 584 g/mol. The summed E-state index contributed by atoms with van der Waals surface area (Å²) in [5.74, 6) is -4.14. The number of hydrogen-bond acceptors (Lipinski definition) is 7. The quantitative estimate of drug-likeness (QED) is 0.340. The van der Waals surface area contributed by atoms with Gasteiger partial charge in [-0.1, -0.05) is 12.8 Å². The van der Waals surface area contributed by atoms with Crippen LogP contribution in [0.25, 0.3) is 11.0 Å². The Morgan fingerprint density at radius 3 is 2.02 bits per heavy atom. The molecule has 4 heterocycles. The number of H-pyrrole nitrogens is 1. The first-order valence-electron chi connectivity index (χ1n) is 12.4. The number of anilines is 1. The number of aromatic nitrogens is 3. The highest BCUT2D eigenvalue weighted by Crippen LogP contribution is 2.22. The first-order chi connectivity index (χ1) is 18.7. The van der Waals surface area contributed by atoms with Gasteiger partial charge in [-0.3, -0.25) is 9.89 Å². The summed E-state index contributed by atoms with van der Waals surface area (Å²) in [5, 5.41) is 28.6. The number of alkyl halides is 6. The minimum Gasteiger partial charge on any atom is -0.475 e. The van der Waals surface area contributed by atoms with Crippen molar-refractivity contribution in [2.24, 2.45) is 5.92 Å². The maximum Gasteiger partial charge on any atom is 0.490 e. The predicted molar refractivity (Wildman–Crippen MR) is 130 cm³/mol. The van der Waals surface area contributed by atoms with E-state index in [-0.39, 0.29) is 5.91 Å². The van der Waals surface area contributed by atoms with Gasteiger partial charge in [0.25, 0.3) is 5.91 Å². The van der Waals surface area contributed by atoms with Gasteiger partial charge in [-0.15, -0.1) is 0 Å². The van der Waals surface area contributed by atoms with E-state index in [2.05, 4.69) is 30.7 Å². The van der Waals surface area contributed by atoms with Gasteiger partial charge in [0, 0.05) is 19.6 Å². The van der Waals surface area contributed by atoms with Crippen LogP contribution in [0.2, 0.25) is 0 Å². The van der Waals surface area contributed by atoms with Crippen molar-refractivity contribution >= 4 is 34.7 Å². The highest BCUT2D eigenvalue weighted by molar-refractivity contribution is 6.04. The molecule has 11 nitrogen and oxygen atoms in total. The lowest BCUT2D eigenvalue weighted by Crippen LogP contribution is -2.38. The number of nitrogens with one attached hydrogen (secondary N) is 3. The lowest BCUT2D eigenvalue weighted by molar-refractivity contribution is -0.193. The number of carboxylic acid groups (broad SMARTS) is 2. The summed E-state index contributed by atoms with van der Waals surface area (Å²) < 4.78 is 63.5. The number of aliphatic carboxylic acids is 2. The molecule has 40 heavy (non-hydrogen) atoms. The normalized spacial score (nSPS) is 17.9. The van der Waals surface area contributed by atoms with E-state index in [0.717, 1.165) is 43.8 Å². The van der Waals surface area contributed by atoms with Crippen molar-refractivity contribution in [2.45, 2.75) is 50.9 Å². The molecule has 1 atom stereocenters. The molecule has 4 rings (SSSR count). The Labute approximate surface area is 224 Å². The average molecular weight is 585 g/mol. The highest BCUT2D eigenvalue weighted by Gasteiger charge is 2.38. The van der Waals surface area contributed by atoms with E-state index in [0.29, 0.717) is 23.8 Å². The molecule has 2 aliphatic rings. The number of nitrogens with zero attached hydrogens (tertiary/aromatic N) is 3. The summed E-state index contributed by atoms with van der Waals surface area (Å²) in [7, 11) is 0. The number of amides is 1. The fourth-order valence-electron chi connectivity index (χ4n) is 3.96. The maximum atomic E-state index is 12.6. The Balaban J connectivity index is 0.000000333. The largest absolute Gasteiger partial charge is 0.490 e. The molecule has 2 aromatic rings. The maximum absolute atomic E-state index is 12.6. The predicted octanol–water partition coefficient (Wildman–Crippen LogP) is 3.33. The van der Waals surface area contributed by atoms with Crippen LogP contribution in [-0.2, 0) is 9.59 Å². The molecule has 0 spiro atoms. The second-order valence-corrected chi connectivity index (χ2v) is 9.07. The van der Waals surface area contributed by atoms with Crippen molar-refractivity contribution in [3.05, 3.63) is 17.8 Å². The molecule has 0 aliphatic carbocycles. The summed E-state index contributed by atoms with van der Waals surface area (Å²) in [4.78, 5) is 37.4. The number of carboxylic acids is 2. The lowest BCUT2D eigenvalue weighted by atomic mass is 10.00. The second kappa shape index (κ2) is 14.7. The van der Waals surface area contributed by atoms with E-state index < -0.39 is 24.3 Å². The molecule has 224 valence electrons. The van der Waals surface area contributed by atoms with Gasteiger partial charge < -0.3 is 25.7 Å². The Morgan fingerprint density at radius 1 is 0.950 bits per heavy atom. The topological polar surface area (TPSA) is 161 Å². The second-order valence-electron chi connectivity index (χ2n) is 9.07. The number of rotatable bonds is 4. The molecule has 5 N–H and O–H groups in total. The zero-order chi connectivity index (χ0) is 29.9. The van der Waals surface area contributed by atoms with Crippen LogP contribution < -0.4 is 15.5 Å². The standard InChI is InChI=1S/C19H28N6O.2C2HF3O2/c26-19(21-13-14-6-5-9-20-12-14)17-15-7-8-16(22-18(15)24-23-17)25-10-3-1-2-4-11-25;2*3-2(4,5)1(6)7/h7-8,14,20H,1-6,9-13H2,(H,21,26)(H,22,23,24);2*(H,6,7). The summed E-state index contributed by atoms with van der Waals surface area (Å²) in [5.41, 5.74) is 1.13. The minimum absolute atomic E-state index is 0.0950. The number of piperidine rings is 1. The van der Waals surface area contributed by atoms with E-state index in [1.54, 1.807) is 0 Å². The van der Waals surface area contributed by atoms with Crippen LogP contribution in [0, 0.1) is 5.92 Å². The number of halogens is 6. The number of carbonyl (C=O) groups excluding carboxylic acids is 1. The van der Waals surface area contributed by atoms with Crippen LogP contribution in [-0.4, -0.2) is 88.3 Å². The highest BCUT2D eigenvalue weighted by atomic mass is 19.4. The smallest absolute Gasteiger partial charge is 0.475 e. The van der Waals surface area contributed by atoms with Gasteiger partial charge >= 0.3 is 24.3 Å². The number of hydrogen-bond donors (Lipinski definition) is 5. The van der Waals surface area contributed by atoms with Gasteiger partial charge in [0.15, 0.2) is 5.65 Å². The Hall–Kier alpha value is -3.63. The molecule has 17 heteroatoms. The Kier molecular flexibility index (Phi) is 11.9. The molecule has 2 aromatic heterocycles. The molecule has 2 saturated heterocycles. The number of aromatic amines is 1. The van der Waals surface area contributed by atoms with E-state index >= 15 is 0 Å². The molecule has 0 radical (unpaired) electrons. The molecule has 0 aromatic carbocycles. The van der Waals surface area contributed by atoms with Gasteiger partial charge in [0.05, 0.1) is 5.39 Å². The van der Waals surface area contributed by atoms with E-state index in [1.807, 2.05) is 12.1 Å². The fraction of sp³-hybridized carbons (Fsp3) is 0.609. The van der Waals surface area contributed by atoms with Crippen LogP contribution in [0.1, 0.15) is 49.0 Å². The third-order valence-electron chi connectivity index (χ3n) is 6.00. The van der Waals surface area contributed by atoms with E-state index in [9.17, 15) is 31.1 Å². The third-order valence-corrected chi connectivity index (χ3v) is 6.00. The first-order valence-corrected chi connectivity index (χ1v) is 12.4. The van der Waals surface area contributed by atoms with Crippen molar-refractivity contribution in [2.75, 3.05) is 37.6 Å². The Bertz CT molecular complexity index is 1100. The summed E-state index contributed by atoms with van der Waals surface area (Å²) >= 11 is 0. The molecule has 0 saturated carbocycles. The summed E-state index contributed by atoms with van der Waals surface area (Å²) in [6.45, 7) is 4.86. The molecule has 1 amide bonds. The molecule has 2 fully saturated rings. The zero-order valence-corrected chi connectivity index (χ0v) is 21.2. The van der Waals surface area contributed by atoms with Gasteiger partial charge in [-0.25, -0.2) is 14.6 Å². The number of carbonyl (C=O) groups is 3. The van der Waals surface area contributed by atoms with Crippen LogP contribution >= 0.6 is 0 Å². The lowest BCUT2D eigenvalue weighted by Gasteiger charge is -2.22. The SMILES string of the molecule is O=C(NCC1CCCNC1)c1[nH]nc2nc(N3CCCCCC3)ccc12.O=C(O)C(F)(F)F.O=C(O)C(F)(F)F. The van der Waals surface area contributed by atoms with Crippen LogP contribution in [0.4, 0.5) is 32.2 Å². The van der Waals surface area contributed by atoms with E-state index in [1.165, 1.54) is 32.1 Å². The van der Waals surface area contributed by atoms with Gasteiger partial charge in [0.1, 0.15) is 11.5 Å². The molecule has 2 aliphatic heterocycles. The van der Waals surface area contributed by atoms with E-state index in [4.69, 9.17) is 19.8 Å². The fourth-order valence-corrected chi connectivity index (χ4v) is 3.96. The summed E-state index contributed by atoms with van der Waals surface area (Å²) in [6, 6.07) is 3.99. The number of pyridine rings is 1. The van der Waals surface area contributed by atoms with Crippen molar-refractivity contribution in [1.82, 2.24) is 25.8 Å². The van der Waals surface area contributed by atoms with Gasteiger partial charge in [-0.2, -0.15) is 31.4 Å². The van der Waals surface area contributed by atoms with Crippen LogP contribution in [0.3, 0.4) is 0 Å². The molecule has 1 unspecified atom stereocenters. The minimum atomic E-state index is -5.08. The van der Waals surface area contributed by atoms with Crippen LogP contribution in [0.15, 0.2) is 12.1 Å². The zero-order valence-electron chi connectivity index (χ0n) is 21.2. The molecule has 0 bridgehead atoms. The van der Waals surface area contributed by atoms with Crippen molar-refractivity contribution < 1.29 is 50.9 Å². The molecular weight excluding hydrogens is 554 g/mol. The van der Waals surface area contributed by atoms with Gasteiger partial charge in [-0.05, 0) is 56.8 Å². The molecular formula is C23H30F6N6O5. The number of fused-ring (bicyclic) bond motifs is 1. The van der Waals surface area contributed by atoms with Crippen molar-refractivity contribution in [3.63, 3.8) is 0 Å². The van der Waals surface area contributed by atoms with Crippen molar-refractivity contribution in [1.29, 1.82) is 0 Å². The summed E-state index contributed by atoms with van der Waals surface area (Å²) in [6.07, 6.45) is -2.81. The first kappa shape index (κ1) is 32.6. The third kappa shape index (κ3) is 10.5.